The number of rotatable bonds is 5. The number of pyridine rings is 1. The lowest BCUT2D eigenvalue weighted by Crippen LogP contribution is -2.28. The van der Waals surface area contributed by atoms with Crippen LogP contribution in [0.1, 0.15) is 20.3 Å². The average Bonchev–Trinajstić information content (AvgIpc) is 2.17. The van der Waals surface area contributed by atoms with Crippen molar-refractivity contribution in [2.24, 2.45) is 0 Å². The minimum Gasteiger partial charge on any atom is -0.315 e. The molecule has 1 unspecified atom stereocenters. The summed E-state index contributed by atoms with van der Waals surface area (Å²) in [4.78, 5) is 11.3. The van der Waals surface area contributed by atoms with Crippen LogP contribution in [0.25, 0.3) is 0 Å². The van der Waals surface area contributed by atoms with E-state index in [1.807, 2.05) is 12.3 Å². The van der Waals surface area contributed by atoms with E-state index in [4.69, 9.17) is 0 Å². The lowest BCUT2D eigenvalue weighted by Gasteiger charge is -2.12. The second-order valence-electron chi connectivity index (χ2n) is 3.48. The number of nitrogens with zero attached hydrogens (tertiary/aromatic N) is 1. The molecule has 0 bridgehead atoms. The van der Waals surface area contributed by atoms with Gasteiger partial charge in [0.1, 0.15) is 0 Å². The zero-order chi connectivity index (χ0) is 10.4. The predicted octanol–water partition coefficient (Wildman–Crippen LogP) is 1.24. The van der Waals surface area contributed by atoms with Crippen LogP contribution in [0.15, 0.2) is 29.2 Å². The highest BCUT2D eigenvalue weighted by atomic mass is 16.1. The molecule has 0 saturated heterocycles. The first kappa shape index (κ1) is 11.0. The summed E-state index contributed by atoms with van der Waals surface area (Å²) in [6, 6.07) is 5.72. The highest BCUT2D eigenvalue weighted by Gasteiger charge is 2.00. The van der Waals surface area contributed by atoms with Gasteiger partial charge in [-0.25, -0.2) is 0 Å². The highest BCUT2D eigenvalue weighted by molar-refractivity contribution is 4.93. The Labute approximate surface area is 84.8 Å². The molecule has 78 valence electrons. The second-order valence-corrected chi connectivity index (χ2v) is 3.48. The first-order chi connectivity index (χ1) is 6.74. The Morgan fingerprint density at radius 3 is 2.93 bits per heavy atom. The van der Waals surface area contributed by atoms with Crippen molar-refractivity contribution in [1.82, 2.24) is 9.88 Å². The van der Waals surface area contributed by atoms with Crippen LogP contribution in [0.4, 0.5) is 0 Å². The molecule has 0 fully saturated rings. The third kappa shape index (κ3) is 3.34. The van der Waals surface area contributed by atoms with Gasteiger partial charge in [0.25, 0.3) is 0 Å². The maximum absolute atomic E-state index is 11.3. The summed E-state index contributed by atoms with van der Waals surface area (Å²) in [6.45, 7) is 5.99. The molecule has 0 amide bonds. The van der Waals surface area contributed by atoms with Gasteiger partial charge in [-0.15, -0.1) is 0 Å². The largest absolute Gasteiger partial charge is 0.315 e. The SMILES string of the molecule is CCNC(C)CCn1ccccc1=O. The van der Waals surface area contributed by atoms with Gasteiger partial charge in [-0.3, -0.25) is 4.79 Å². The van der Waals surface area contributed by atoms with Gasteiger partial charge < -0.3 is 9.88 Å². The predicted molar refractivity (Wildman–Crippen MR) is 58.5 cm³/mol. The summed E-state index contributed by atoms with van der Waals surface area (Å²) >= 11 is 0. The van der Waals surface area contributed by atoms with Gasteiger partial charge in [-0.1, -0.05) is 13.0 Å². The molecular formula is C11H18N2O. The van der Waals surface area contributed by atoms with Crippen molar-refractivity contribution in [2.75, 3.05) is 6.54 Å². The zero-order valence-electron chi connectivity index (χ0n) is 8.86. The van der Waals surface area contributed by atoms with Gasteiger partial charge in [0.2, 0.25) is 5.56 Å². The van der Waals surface area contributed by atoms with E-state index in [1.54, 1.807) is 16.7 Å². The summed E-state index contributed by atoms with van der Waals surface area (Å²) < 4.78 is 1.74. The molecular weight excluding hydrogens is 176 g/mol. The minimum absolute atomic E-state index is 0.0798. The van der Waals surface area contributed by atoms with Crippen molar-refractivity contribution in [3.05, 3.63) is 34.7 Å². The number of hydrogen-bond acceptors (Lipinski definition) is 2. The zero-order valence-corrected chi connectivity index (χ0v) is 8.86. The van der Waals surface area contributed by atoms with Crippen LogP contribution >= 0.6 is 0 Å². The molecule has 1 atom stereocenters. The van der Waals surface area contributed by atoms with Crippen molar-refractivity contribution in [1.29, 1.82) is 0 Å². The lowest BCUT2D eigenvalue weighted by atomic mass is 10.2. The van der Waals surface area contributed by atoms with Crippen LogP contribution in [0.2, 0.25) is 0 Å². The third-order valence-corrected chi connectivity index (χ3v) is 2.25. The molecule has 0 aromatic carbocycles. The van der Waals surface area contributed by atoms with E-state index in [9.17, 15) is 4.79 Å². The summed E-state index contributed by atoms with van der Waals surface area (Å²) in [7, 11) is 0. The smallest absolute Gasteiger partial charge is 0.250 e. The third-order valence-electron chi connectivity index (χ3n) is 2.25. The van der Waals surface area contributed by atoms with Crippen molar-refractivity contribution in [3.8, 4) is 0 Å². The fourth-order valence-corrected chi connectivity index (χ4v) is 1.43. The molecule has 14 heavy (non-hydrogen) atoms. The normalized spacial score (nSPS) is 12.7. The lowest BCUT2D eigenvalue weighted by molar-refractivity contribution is 0.482. The molecule has 1 aromatic rings. The Balaban J connectivity index is 2.46. The molecule has 1 rings (SSSR count). The summed E-state index contributed by atoms with van der Waals surface area (Å²) in [5, 5.41) is 3.32. The first-order valence-electron chi connectivity index (χ1n) is 5.13. The van der Waals surface area contributed by atoms with Crippen LogP contribution < -0.4 is 10.9 Å². The van der Waals surface area contributed by atoms with Crippen LogP contribution in [-0.4, -0.2) is 17.2 Å². The molecule has 1 N–H and O–H groups in total. The van der Waals surface area contributed by atoms with E-state index >= 15 is 0 Å². The first-order valence-corrected chi connectivity index (χ1v) is 5.13. The average molecular weight is 194 g/mol. The van der Waals surface area contributed by atoms with Gasteiger partial charge in [0, 0.05) is 24.8 Å². The van der Waals surface area contributed by atoms with Gasteiger partial charge in [0.05, 0.1) is 0 Å². The summed E-state index contributed by atoms with van der Waals surface area (Å²) in [5.41, 5.74) is 0.0798. The van der Waals surface area contributed by atoms with Crippen LogP contribution in [0.5, 0.6) is 0 Å². The van der Waals surface area contributed by atoms with Gasteiger partial charge >= 0.3 is 0 Å². The van der Waals surface area contributed by atoms with Crippen LogP contribution in [0.3, 0.4) is 0 Å². The molecule has 1 aromatic heterocycles. The van der Waals surface area contributed by atoms with Gasteiger partial charge in [-0.05, 0) is 26.0 Å². The number of hydrogen-bond donors (Lipinski definition) is 1. The maximum atomic E-state index is 11.3. The second kappa shape index (κ2) is 5.60. The van der Waals surface area contributed by atoms with E-state index < -0.39 is 0 Å². The molecule has 0 spiro atoms. The van der Waals surface area contributed by atoms with Crippen molar-refractivity contribution in [2.45, 2.75) is 32.9 Å². The maximum Gasteiger partial charge on any atom is 0.250 e. The Hall–Kier alpha value is -1.09. The molecule has 0 aliphatic heterocycles. The molecule has 3 nitrogen and oxygen atoms in total. The van der Waals surface area contributed by atoms with E-state index in [-0.39, 0.29) is 5.56 Å². The fraction of sp³-hybridized carbons (Fsp3) is 0.545. The van der Waals surface area contributed by atoms with E-state index in [2.05, 4.69) is 19.2 Å². The Morgan fingerprint density at radius 1 is 1.50 bits per heavy atom. The van der Waals surface area contributed by atoms with Crippen molar-refractivity contribution in [3.63, 3.8) is 0 Å². The Kier molecular flexibility index (Phi) is 4.40. The van der Waals surface area contributed by atoms with Crippen molar-refractivity contribution >= 4 is 0 Å². The van der Waals surface area contributed by atoms with Gasteiger partial charge in [0.15, 0.2) is 0 Å². The Bertz CT molecular complexity index is 319. The standard InChI is InChI=1S/C11H18N2O/c1-3-12-10(2)7-9-13-8-5-4-6-11(13)14/h4-6,8,10,12H,3,7,9H2,1-2H3. The summed E-state index contributed by atoms with van der Waals surface area (Å²) in [5.74, 6) is 0. The highest BCUT2D eigenvalue weighted by Crippen LogP contribution is 1.93. The monoisotopic (exact) mass is 194 g/mol. The Morgan fingerprint density at radius 2 is 2.29 bits per heavy atom. The van der Waals surface area contributed by atoms with E-state index in [1.165, 1.54) is 0 Å². The quantitative estimate of drug-likeness (QED) is 0.765. The number of aromatic nitrogens is 1. The molecule has 0 saturated carbocycles. The number of nitrogens with one attached hydrogen (secondary N) is 1. The summed E-state index contributed by atoms with van der Waals surface area (Å²) in [6.07, 6.45) is 2.82. The molecule has 3 heteroatoms. The molecule has 0 radical (unpaired) electrons. The minimum atomic E-state index is 0.0798. The van der Waals surface area contributed by atoms with Crippen LogP contribution in [0, 0.1) is 0 Å². The molecule has 0 aliphatic rings. The van der Waals surface area contributed by atoms with E-state index in [0.29, 0.717) is 6.04 Å². The molecule has 0 aliphatic carbocycles. The fourth-order valence-electron chi connectivity index (χ4n) is 1.43. The van der Waals surface area contributed by atoms with Crippen LogP contribution in [-0.2, 0) is 6.54 Å². The topological polar surface area (TPSA) is 34.0 Å². The van der Waals surface area contributed by atoms with Crippen molar-refractivity contribution < 1.29 is 0 Å². The number of aryl methyl sites for hydroxylation is 1. The van der Waals surface area contributed by atoms with E-state index in [0.717, 1.165) is 19.5 Å². The molecule has 1 heterocycles. The van der Waals surface area contributed by atoms with Gasteiger partial charge in [-0.2, -0.15) is 0 Å².